The molecule has 2 aromatic rings. The van der Waals surface area contributed by atoms with Crippen molar-refractivity contribution in [1.29, 1.82) is 0 Å². The van der Waals surface area contributed by atoms with Crippen molar-refractivity contribution in [3.05, 3.63) is 41.1 Å². The van der Waals surface area contributed by atoms with Crippen LogP contribution in [0.1, 0.15) is 47.3 Å². The van der Waals surface area contributed by atoms with Gasteiger partial charge < -0.3 is 20.3 Å². The number of nitrogens with zero attached hydrogens (tertiary/aromatic N) is 3. The molecule has 0 saturated heterocycles. The Morgan fingerprint density at radius 1 is 1.09 bits per heavy atom. The number of aromatic nitrogens is 2. The third-order valence-corrected chi connectivity index (χ3v) is 5.46. The second-order valence-electron chi connectivity index (χ2n) is 8.16. The maximum Gasteiger partial charge on any atom is 0.419 e. The van der Waals surface area contributed by atoms with Gasteiger partial charge in [0.2, 0.25) is 5.95 Å². The van der Waals surface area contributed by atoms with E-state index in [1.807, 2.05) is 32.0 Å². The van der Waals surface area contributed by atoms with Crippen molar-refractivity contribution in [1.82, 2.24) is 15.3 Å². The fourth-order valence-corrected chi connectivity index (χ4v) is 3.75. The molecule has 1 saturated carbocycles. The number of carbonyl (C=O) groups excluding carboxylic acids is 1. The molecule has 1 amide bonds. The SMILES string of the molecule is COc1ccc(C(=O)NC2CCC(Nc3nc(C)cc(N(C)C)n3)CC2)cc1C(F)(F)F. The summed E-state index contributed by atoms with van der Waals surface area (Å²) in [7, 11) is 5.00. The van der Waals surface area contributed by atoms with E-state index in [1.54, 1.807) is 0 Å². The van der Waals surface area contributed by atoms with Crippen molar-refractivity contribution in [2.75, 3.05) is 31.4 Å². The maximum absolute atomic E-state index is 13.2. The van der Waals surface area contributed by atoms with Crippen LogP contribution in [0.5, 0.6) is 5.75 Å². The number of hydrogen-bond acceptors (Lipinski definition) is 6. The van der Waals surface area contributed by atoms with Gasteiger partial charge in [0.15, 0.2) is 0 Å². The molecule has 0 atom stereocenters. The zero-order chi connectivity index (χ0) is 23.5. The first-order valence-electron chi connectivity index (χ1n) is 10.4. The van der Waals surface area contributed by atoms with Crippen LogP contribution in [-0.2, 0) is 6.18 Å². The van der Waals surface area contributed by atoms with Crippen molar-refractivity contribution in [2.45, 2.75) is 50.9 Å². The molecule has 7 nitrogen and oxygen atoms in total. The minimum absolute atomic E-state index is 0.0391. The topological polar surface area (TPSA) is 79.4 Å². The summed E-state index contributed by atoms with van der Waals surface area (Å²) in [6.07, 6.45) is -1.61. The van der Waals surface area contributed by atoms with Gasteiger partial charge >= 0.3 is 6.18 Å². The highest BCUT2D eigenvalue weighted by Crippen LogP contribution is 2.36. The van der Waals surface area contributed by atoms with E-state index in [0.717, 1.165) is 30.4 Å². The number of ether oxygens (including phenoxy) is 1. The van der Waals surface area contributed by atoms with E-state index in [4.69, 9.17) is 4.74 Å². The third-order valence-electron chi connectivity index (χ3n) is 5.46. The Bertz CT molecular complexity index is 957. The monoisotopic (exact) mass is 451 g/mol. The molecule has 1 aliphatic rings. The van der Waals surface area contributed by atoms with Crippen molar-refractivity contribution in [2.24, 2.45) is 0 Å². The van der Waals surface area contributed by atoms with Gasteiger partial charge in [0.25, 0.3) is 5.91 Å². The van der Waals surface area contributed by atoms with Gasteiger partial charge in [-0.25, -0.2) is 4.98 Å². The highest BCUT2D eigenvalue weighted by Gasteiger charge is 2.35. The number of carbonyl (C=O) groups is 1. The quantitative estimate of drug-likeness (QED) is 0.691. The number of halogens is 3. The van der Waals surface area contributed by atoms with E-state index in [0.29, 0.717) is 18.8 Å². The van der Waals surface area contributed by atoms with Crippen LogP contribution in [0.15, 0.2) is 24.3 Å². The number of rotatable bonds is 6. The lowest BCUT2D eigenvalue weighted by molar-refractivity contribution is -0.138. The van der Waals surface area contributed by atoms with E-state index in [2.05, 4.69) is 20.6 Å². The lowest BCUT2D eigenvalue weighted by Crippen LogP contribution is -2.40. The Hall–Kier alpha value is -3.04. The van der Waals surface area contributed by atoms with Gasteiger partial charge in [0.1, 0.15) is 11.6 Å². The van der Waals surface area contributed by atoms with E-state index in [-0.39, 0.29) is 23.4 Å². The summed E-state index contributed by atoms with van der Waals surface area (Å²) in [6.45, 7) is 1.91. The van der Waals surface area contributed by atoms with Crippen LogP contribution >= 0.6 is 0 Å². The predicted molar refractivity (Wildman–Crippen MR) is 116 cm³/mol. The second kappa shape index (κ2) is 9.62. The molecule has 1 aromatic heterocycles. The van der Waals surface area contributed by atoms with Gasteiger partial charge in [-0.2, -0.15) is 18.2 Å². The zero-order valence-corrected chi connectivity index (χ0v) is 18.6. The molecule has 0 unspecified atom stereocenters. The average Bonchev–Trinajstić information content (AvgIpc) is 2.73. The summed E-state index contributed by atoms with van der Waals surface area (Å²) >= 11 is 0. The molecule has 0 radical (unpaired) electrons. The molecule has 0 bridgehead atoms. The molecular weight excluding hydrogens is 423 g/mol. The van der Waals surface area contributed by atoms with E-state index < -0.39 is 17.6 Å². The zero-order valence-electron chi connectivity index (χ0n) is 18.6. The first kappa shape index (κ1) is 23.6. The fraction of sp³-hybridized carbons (Fsp3) is 0.500. The summed E-state index contributed by atoms with van der Waals surface area (Å²) in [5, 5.41) is 6.21. The molecule has 174 valence electrons. The normalized spacial score (nSPS) is 18.7. The van der Waals surface area contributed by atoms with Crippen LogP contribution in [0, 0.1) is 6.92 Å². The van der Waals surface area contributed by atoms with Gasteiger partial charge in [-0.1, -0.05) is 0 Å². The number of benzene rings is 1. The number of alkyl halides is 3. The minimum atomic E-state index is -4.60. The number of aryl methyl sites for hydroxylation is 1. The molecule has 1 fully saturated rings. The smallest absolute Gasteiger partial charge is 0.419 e. The molecular formula is C22H28F3N5O2. The summed E-state index contributed by atoms with van der Waals surface area (Å²) in [4.78, 5) is 23.4. The van der Waals surface area contributed by atoms with E-state index >= 15 is 0 Å². The molecule has 1 aliphatic carbocycles. The molecule has 1 heterocycles. The first-order chi connectivity index (χ1) is 15.1. The highest BCUT2D eigenvalue weighted by molar-refractivity contribution is 5.94. The minimum Gasteiger partial charge on any atom is -0.496 e. The Morgan fingerprint density at radius 3 is 2.34 bits per heavy atom. The largest absolute Gasteiger partial charge is 0.496 e. The Kier molecular flexibility index (Phi) is 7.10. The summed E-state index contributed by atoms with van der Waals surface area (Å²) in [5.74, 6) is 0.557. The van der Waals surface area contributed by atoms with Crippen LogP contribution in [0.25, 0.3) is 0 Å². The number of amides is 1. The predicted octanol–water partition coefficient (Wildman–Crippen LogP) is 4.03. The maximum atomic E-state index is 13.2. The first-order valence-corrected chi connectivity index (χ1v) is 10.4. The Morgan fingerprint density at radius 2 is 1.75 bits per heavy atom. The summed E-state index contributed by atoms with van der Waals surface area (Å²) in [6, 6.07) is 5.31. The van der Waals surface area contributed by atoms with Crippen LogP contribution < -0.4 is 20.3 Å². The number of hydrogen-bond donors (Lipinski definition) is 2. The lowest BCUT2D eigenvalue weighted by Gasteiger charge is -2.30. The Labute approximate surface area is 185 Å². The van der Waals surface area contributed by atoms with Crippen molar-refractivity contribution >= 4 is 17.7 Å². The molecule has 1 aromatic carbocycles. The van der Waals surface area contributed by atoms with Crippen LogP contribution in [-0.4, -0.2) is 49.2 Å². The van der Waals surface area contributed by atoms with Gasteiger partial charge in [-0.05, 0) is 50.8 Å². The van der Waals surface area contributed by atoms with Crippen LogP contribution in [0.2, 0.25) is 0 Å². The molecule has 0 spiro atoms. The molecule has 3 rings (SSSR count). The standard InChI is InChI=1S/C22H28F3N5O2/c1-13-11-19(30(2)3)29-21(26-13)28-16-8-6-15(7-9-16)27-20(31)14-5-10-18(32-4)17(12-14)22(23,24)25/h5,10-12,15-16H,6-9H2,1-4H3,(H,27,31)(H,26,28,29). The number of nitrogens with one attached hydrogen (secondary N) is 2. The molecule has 10 heteroatoms. The van der Waals surface area contributed by atoms with Crippen molar-refractivity contribution in [3.63, 3.8) is 0 Å². The summed E-state index contributed by atoms with van der Waals surface area (Å²) < 4.78 is 44.4. The lowest BCUT2D eigenvalue weighted by atomic mass is 9.91. The van der Waals surface area contributed by atoms with E-state index in [9.17, 15) is 18.0 Å². The number of anilines is 2. The number of methoxy groups -OCH3 is 1. The molecule has 0 aliphatic heterocycles. The second-order valence-corrected chi connectivity index (χ2v) is 8.16. The van der Waals surface area contributed by atoms with Gasteiger partial charge in [0, 0.05) is 43.5 Å². The average molecular weight is 451 g/mol. The van der Waals surface area contributed by atoms with Crippen molar-refractivity contribution < 1.29 is 22.7 Å². The summed E-state index contributed by atoms with van der Waals surface area (Å²) in [5.41, 5.74) is -0.136. The molecule has 32 heavy (non-hydrogen) atoms. The van der Waals surface area contributed by atoms with Crippen LogP contribution in [0.4, 0.5) is 24.9 Å². The van der Waals surface area contributed by atoms with Gasteiger partial charge in [0.05, 0.1) is 12.7 Å². The fourth-order valence-electron chi connectivity index (χ4n) is 3.75. The van der Waals surface area contributed by atoms with Gasteiger partial charge in [-0.15, -0.1) is 0 Å². The highest BCUT2D eigenvalue weighted by atomic mass is 19.4. The van der Waals surface area contributed by atoms with E-state index in [1.165, 1.54) is 19.2 Å². The van der Waals surface area contributed by atoms with Crippen molar-refractivity contribution in [3.8, 4) is 5.75 Å². The third kappa shape index (κ3) is 5.80. The van der Waals surface area contributed by atoms with Crippen LogP contribution in [0.3, 0.4) is 0 Å². The molecule has 2 N–H and O–H groups in total. The Balaban J connectivity index is 1.58. The van der Waals surface area contributed by atoms with Gasteiger partial charge in [-0.3, -0.25) is 4.79 Å².